The van der Waals surface area contributed by atoms with Crippen molar-refractivity contribution in [1.82, 2.24) is 9.88 Å². The number of piperazine rings is 1. The van der Waals surface area contributed by atoms with Crippen LogP contribution in [-0.2, 0) is 4.79 Å². The smallest absolute Gasteiger partial charge is 0.422 e. The Morgan fingerprint density at radius 3 is 2.50 bits per heavy atom. The van der Waals surface area contributed by atoms with Crippen LogP contribution in [0.15, 0.2) is 42.6 Å². The van der Waals surface area contributed by atoms with Crippen molar-refractivity contribution in [1.29, 1.82) is 0 Å². The average Bonchev–Trinajstić information content (AvgIpc) is 2.89. The lowest BCUT2D eigenvalue weighted by Gasteiger charge is -2.38. The van der Waals surface area contributed by atoms with Gasteiger partial charge in [-0.3, -0.25) is 14.6 Å². The zero-order chi connectivity index (χ0) is 25.5. The van der Waals surface area contributed by atoms with Crippen LogP contribution in [-0.4, -0.2) is 67.8 Å². The summed E-state index contributed by atoms with van der Waals surface area (Å²) in [4.78, 5) is 23.9. The minimum atomic E-state index is -4.41. The number of hydrogen-bond acceptors (Lipinski definition) is 5. The number of anilines is 2. The second-order valence-electron chi connectivity index (χ2n) is 9.36. The van der Waals surface area contributed by atoms with Crippen molar-refractivity contribution in [3.63, 3.8) is 0 Å². The molecule has 2 heterocycles. The van der Waals surface area contributed by atoms with E-state index in [2.05, 4.69) is 9.88 Å². The number of amides is 1. The molecule has 1 saturated carbocycles. The fraction of sp³-hybridized carbons (Fsp3) is 0.538. The van der Waals surface area contributed by atoms with Gasteiger partial charge in [-0.15, -0.1) is 0 Å². The predicted octanol–water partition coefficient (Wildman–Crippen LogP) is 5.41. The van der Waals surface area contributed by atoms with E-state index in [0.717, 1.165) is 25.7 Å². The number of aromatic nitrogens is 1. The first-order valence-corrected chi connectivity index (χ1v) is 12.9. The molecule has 36 heavy (non-hydrogen) atoms. The number of benzene rings is 1. The quantitative estimate of drug-likeness (QED) is 0.462. The Balaban J connectivity index is 1.36. The fourth-order valence-electron chi connectivity index (χ4n) is 4.89. The van der Waals surface area contributed by atoms with Gasteiger partial charge >= 0.3 is 6.18 Å². The maximum absolute atomic E-state index is 13.4. The summed E-state index contributed by atoms with van der Waals surface area (Å²) >= 11 is 6.13. The second kappa shape index (κ2) is 12.1. The van der Waals surface area contributed by atoms with Crippen LogP contribution in [0.2, 0.25) is 5.02 Å². The number of ether oxygens (including phenoxy) is 1. The minimum Gasteiger partial charge on any atom is -0.482 e. The largest absolute Gasteiger partial charge is 0.482 e. The molecule has 196 valence electrons. The highest BCUT2D eigenvalue weighted by atomic mass is 35.5. The Hall–Kier alpha value is -2.52. The topological polar surface area (TPSA) is 48.9 Å². The minimum absolute atomic E-state index is 0.0514. The van der Waals surface area contributed by atoms with Crippen LogP contribution in [0, 0.1) is 5.92 Å². The molecule has 0 spiro atoms. The van der Waals surface area contributed by atoms with Crippen molar-refractivity contribution < 1.29 is 22.7 Å². The van der Waals surface area contributed by atoms with Gasteiger partial charge in [-0.1, -0.05) is 36.9 Å². The van der Waals surface area contributed by atoms with Crippen LogP contribution < -0.4 is 14.5 Å². The molecule has 1 aliphatic carbocycles. The van der Waals surface area contributed by atoms with E-state index in [4.69, 9.17) is 16.3 Å². The molecule has 2 aromatic rings. The Morgan fingerprint density at radius 1 is 1.08 bits per heavy atom. The summed E-state index contributed by atoms with van der Waals surface area (Å²) in [6.45, 7) is 2.53. The fourth-order valence-corrected chi connectivity index (χ4v) is 5.06. The SMILES string of the molecule is O=C(C1CCCCC1)N(CCN1CCN(c2cc(Cl)ccc2OCC(F)(F)F)CC1)c1ccccn1. The van der Waals surface area contributed by atoms with E-state index in [-0.39, 0.29) is 17.6 Å². The van der Waals surface area contributed by atoms with Crippen LogP contribution in [0.4, 0.5) is 24.7 Å². The van der Waals surface area contributed by atoms with Crippen LogP contribution in [0.3, 0.4) is 0 Å². The molecular weight excluding hydrogens is 493 g/mol. The lowest BCUT2D eigenvalue weighted by Crippen LogP contribution is -2.50. The molecule has 0 bridgehead atoms. The lowest BCUT2D eigenvalue weighted by atomic mass is 9.88. The van der Waals surface area contributed by atoms with E-state index >= 15 is 0 Å². The number of halogens is 4. The Bertz CT molecular complexity index is 994. The highest BCUT2D eigenvalue weighted by molar-refractivity contribution is 6.30. The molecule has 0 atom stereocenters. The van der Waals surface area contributed by atoms with Gasteiger partial charge < -0.3 is 9.64 Å². The van der Waals surface area contributed by atoms with Gasteiger partial charge in [-0.05, 0) is 43.2 Å². The number of carbonyl (C=O) groups excluding carboxylic acids is 1. The van der Waals surface area contributed by atoms with Crippen molar-refractivity contribution in [2.75, 3.05) is 55.7 Å². The number of alkyl halides is 3. The number of rotatable bonds is 8. The van der Waals surface area contributed by atoms with E-state index in [1.54, 1.807) is 12.3 Å². The first kappa shape index (κ1) is 26.5. The average molecular weight is 525 g/mol. The third-order valence-electron chi connectivity index (χ3n) is 6.81. The van der Waals surface area contributed by atoms with Crippen LogP contribution in [0.1, 0.15) is 32.1 Å². The third kappa shape index (κ3) is 7.26. The summed E-state index contributed by atoms with van der Waals surface area (Å²) in [6.07, 6.45) is 2.52. The maximum atomic E-state index is 13.4. The van der Waals surface area contributed by atoms with Crippen LogP contribution >= 0.6 is 11.6 Å². The summed E-state index contributed by atoms with van der Waals surface area (Å²) in [7, 11) is 0. The molecule has 0 N–H and O–H groups in total. The van der Waals surface area contributed by atoms with Gasteiger partial charge in [-0.2, -0.15) is 13.2 Å². The zero-order valence-corrected chi connectivity index (χ0v) is 21.0. The molecule has 10 heteroatoms. The van der Waals surface area contributed by atoms with Gasteiger partial charge in [0.1, 0.15) is 11.6 Å². The highest BCUT2D eigenvalue weighted by Gasteiger charge is 2.30. The van der Waals surface area contributed by atoms with E-state index in [1.807, 2.05) is 28.0 Å². The van der Waals surface area contributed by atoms with Crippen molar-refractivity contribution in [3.05, 3.63) is 47.6 Å². The number of hydrogen-bond donors (Lipinski definition) is 0. The van der Waals surface area contributed by atoms with Gasteiger partial charge in [0.05, 0.1) is 5.69 Å². The number of nitrogens with zero attached hydrogens (tertiary/aromatic N) is 4. The van der Waals surface area contributed by atoms with Gasteiger partial charge in [0.15, 0.2) is 6.61 Å². The molecule has 4 rings (SSSR count). The Labute approximate surface area is 215 Å². The normalized spacial score (nSPS) is 17.7. The van der Waals surface area contributed by atoms with Gasteiger partial charge in [0, 0.05) is 56.4 Å². The van der Waals surface area contributed by atoms with E-state index < -0.39 is 12.8 Å². The molecule has 1 aromatic heterocycles. The first-order chi connectivity index (χ1) is 17.3. The molecule has 1 amide bonds. The van der Waals surface area contributed by atoms with E-state index in [1.165, 1.54) is 18.6 Å². The molecular formula is C26H32ClF3N4O2. The summed E-state index contributed by atoms with van der Waals surface area (Å²) in [6, 6.07) is 10.3. The molecule has 2 fully saturated rings. The molecule has 0 radical (unpaired) electrons. The molecule has 1 saturated heterocycles. The maximum Gasteiger partial charge on any atom is 0.422 e. The van der Waals surface area contributed by atoms with Crippen LogP contribution in [0.25, 0.3) is 0 Å². The first-order valence-electron chi connectivity index (χ1n) is 12.5. The van der Waals surface area contributed by atoms with Crippen LogP contribution in [0.5, 0.6) is 5.75 Å². The summed E-state index contributed by atoms with van der Waals surface area (Å²) < 4.78 is 43.1. The Morgan fingerprint density at radius 2 is 1.83 bits per heavy atom. The predicted molar refractivity (Wildman–Crippen MR) is 135 cm³/mol. The van der Waals surface area contributed by atoms with Gasteiger partial charge in [-0.25, -0.2) is 4.98 Å². The van der Waals surface area contributed by atoms with Gasteiger partial charge in [0.25, 0.3) is 0 Å². The Kier molecular flexibility index (Phi) is 8.95. The second-order valence-corrected chi connectivity index (χ2v) is 9.79. The van der Waals surface area contributed by atoms with Gasteiger partial charge in [0.2, 0.25) is 5.91 Å². The van der Waals surface area contributed by atoms with Crippen molar-refractivity contribution in [2.45, 2.75) is 38.3 Å². The monoisotopic (exact) mass is 524 g/mol. The molecule has 1 aliphatic heterocycles. The van der Waals surface area contributed by atoms with Crippen molar-refractivity contribution in [3.8, 4) is 5.75 Å². The lowest BCUT2D eigenvalue weighted by molar-refractivity contribution is -0.153. The molecule has 1 aromatic carbocycles. The third-order valence-corrected chi connectivity index (χ3v) is 7.05. The molecule has 6 nitrogen and oxygen atoms in total. The molecule has 0 unspecified atom stereocenters. The number of carbonyl (C=O) groups is 1. The van der Waals surface area contributed by atoms with Crippen molar-refractivity contribution >= 4 is 29.0 Å². The highest BCUT2D eigenvalue weighted by Crippen LogP contribution is 2.33. The zero-order valence-electron chi connectivity index (χ0n) is 20.2. The van der Waals surface area contributed by atoms with Crippen molar-refractivity contribution in [2.24, 2.45) is 5.92 Å². The summed E-state index contributed by atoms with van der Waals surface area (Å²) in [5.41, 5.74) is 0.564. The summed E-state index contributed by atoms with van der Waals surface area (Å²) in [5.74, 6) is 1.05. The summed E-state index contributed by atoms with van der Waals surface area (Å²) in [5, 5.41) is 0.444. The standard InChI is InChI=1S/C26H32ClF3N4O2/c27-21-9-10-23(36-19-26(28,29)30)22(18-21)33-15-12-32(13-16-33)14-17-34(24-8-4-5-11-31-24)25(35)20-6-2-1-3-7-20/h4-5,8-11,18,20H,1-3,6-7,12-17,19H2. The molecule has 2 aliphatic rings. The van der Waals surface area contributed by atoms with E-state index in [0.29, 0.717) is 55.8 Å². The van der Waals surface area contributed by atoms with E-state index in [9.17, 15) is 18.0 Å². The number of pyridine rings is 1.